The van der Waals surface area contributed by atoms with Crippen LogP contribution in [-0.2, 0) is 0 Å². The van der Waals surface area contributed by atoms with Gasteiger partial charge in [0.2, 0.25) is 0 Å². The van der Waals surface area contributed by atoms with Crippen molar-refractivity contribution in [3.05, 3.63) is 33.9 Å². The molecule has 6 heteroatoms. The molecular formula is C15H23N3O3. The number of rotatable bonds is 7. The van der Waals surface area contributed by atoms with Gasteiger partial charge in [-0.1, -0.05) is 13.8 Å². The van der Waals surface area contributed by atoms with E-state index in [9.17, 15) is 14.9 Å². The number of hydrogen-bond acceptors (Lipinski definition) is 4. The van der Waals surface area contributed by atoms with Crippen LogP contribution in [0.25, 0.3) is 0 Å². The van der Waals surface area contributed by atoms with E-state index >= 15 is 0 Å². The standard InChI is InChI=1S/C15H23N3O3/c1-10(2)7-8-16-13-6-5-12(9-14(13)18(20)21)15(19)17-11(3)4/h5-6,9-11,16H,7-8H2,1-4H3,(H,17,19). The van der Waals surface area contributed by atoms with E-state index in [1.54, 1.807) is 12.1 Å². The second kappa shape index (κ2) is 7.61. The number of anilines is 1. The van der Waals surface area contributed by atoms with E-state index in [2.05, 4.69) is 24.5 Å². The van der Waals surface area contributed by atoms with Crippen molar-refractivity contribution in [3.8, 4) is 0 Å². The third kappa shape index (κ3) is 5.41. The number of hydrogen-bond donors (Lipinski definition) is 2. The van der Waals surface area contributed by atoms with E-state index < -0.39 is 4.92 Å². The lowest BCUT2D eigenvalue weighted by molar-refractivity contribution is -0.384. The molecule has 0 aliphatic heterocycles. The molecule has 0 atom stereocenters. The molecule has 0 aliphatic carbocycles. The van der Waals surface area contributed by atoms with Crippen molar-refractivity contribution < 1.29 is 9.72 Å². The highest BCUT2D eigenvalue weighted by atomic mass is 16.6. The summed E-state index contributed by atoms with van der Waals surface area (Å²) >= 11 is 0. The Morgan fingerprint density at radius 1 is 1.29 bits per heavy atom. The number of benzene rings is 1. The van der Waals surface area contributed by atoms with Crippen molar-refractivity contribution in [2.45, 2.75) is 40.2 Å². The number of carbonyl (C=O) groups excluding carboxylic acids is 1. The van der Waals surface area contributed by atoms with Crippen LogP contribution >= 0.6 is 0 Å². The topological polar surface area (TPSA) is 84.3 Å². The van der Waals surface area contributed by atoms with Crippen LogP contribution in [0.2, 0.25) is 0 Å². The van der Waals surface area contributed by atoms with Gasteiger partial charge in [-0.25, -0.2) is 0 Å². The highest BCUT2D eigenvalue weighted by molar-refractivity contribution is 5.95. The van der Waals surface area contributed by atoms with Gasteiger partial charge in [0.1, 0.15) is 5.69 Å². The third-order valence-electron chi connectivity index (χ3n) is 2.91. The van der Waals surface area contributed by atoms with Gasteiger partial charge in [-0.05, 0) is 38.3 Å². The molecule has 116 valence electrons. The molecule has 0 saturated carbocycles. The van der Waals surface area contributed by atoms with Crippen molar-refractivity contribution in [1.82, 2.24) is 5.32 Å². The lowest BCUT2D eigenvalue weighted by Crippen LogP contribution is -2.30. The number of amides is 1. The highest BCUT2D eigenvalue weighted by Crippen LogP contribution is 2.25. The highest BCUT2D eigenvalue weighted by Gasteiger charge is 2.17. The summed E-state index contributed by atoms with van der Waals surface area (Å²) < 4.78 is 0. The zero-order valence-electron chi connectivity index (χ0n) is 13.0. The van der Waals surface area contributed by atoms with Gasteiger partial charge >= 0.3 is 0 Å². The predicted octanol–water partition coefficient (Wildman–Crippen LogP) is 3.19. The lowest BCUT2D eigenvalue weighted by atomic mass is 10.1. The van der Waals surface area contributed by atoms with Crippen LogP contribution in [0.15, 0.2) is 18.2 Å². The molecule has 0 saturated heterocycles. The first-order chi connectivity index (χ1) is 9.81. The van der Waals surface area contributed by atoms with Gasteiger partial charge in [0.15, 0.2) is 0 Å². The second-order valence-corrected chi connectivity index (χ2v) is 5.73. The lowest BCUT2D eigenvalue weighted by Gasteiger charge is -2.11. The van der Waals surface area contributed by atoms with Gasteiger partial charge in [0.05, 0.1) is 4.92 Å². The summed E-state index contributed by atoms with van der Waals surface area (Å²) in [5, 5.41) is 16.9. The Labute approximate surface area is 125 Å². The van der Waals surface area contributed by atoms with Crippen molar-refractivity contribution in [2.75, 3.05) is 11.9 Å². The van der Waals surface area contributed by atoms with Crippen molar-refractivity contribution in [3.63, 3.8) is 0 Å². The molecule has 0 fully saturated rings. The Morgan fingerprint density at radius 3 is 2.48 bits per heavy atom. The monoisotopic (exact) mass is 293 g/mol. The summed E-state index contributed by atoms with van der Waals surface area (Å²) in [6.45, 7) is 8.53. The van der Waals surface area contributed by atoms with Gasteiger partial charge in [0, 0.05) is 24.2 Å². The van der Waals surface area contributed by atoms with Crippen LogP contribution in [0.5, 0.6) is 0 Å². The Balaban J connectivity index is 2.91. The fraction of sp³-hybridized carbons (Fsp3) is 0.533. The molecule has 0 radical (unpaired) electrons. The summed E-state index contributed by atoms with van der Waals surface area (Å²) in [6.07, 6.45) is 0.923. The number of nitrogens with one attached hydrogen (secondary N) is 2. The minimum Gasteiger partial charge on any atom is -0.379 e. The summed E-state index contributed by atoms with van der Waals surface area (Å²) in [4.78, 5) is 22.6. The Bertz CT molecular complexity index is 513. The fourth-order valence-electron chi connectivity index (χ4n) is 1.81. The maximum absolute atomic E-state index is 11.9. The quantitative estimate of drug-likeness (QED) is 0.597. The zero-order valence-corrected chi connectivity index (χ0v) is 13.0. The van der Waals surface area contributed by atoms with E-state index in [-0.39, 0.29) is 17.6 Å². The molecule has 21 heavy (non-hydrogen) atoms. The summed E-state index contributed by atoms with van der Waals surface area (Å²) in [7, 11) is 0. The van der Waals surface area contributed by atoms with Crippen LogP contribution in [0.3, 0.4) is 0 Å². The van der Waals surface area contributed by atoms with Crippen LogP contribution in [-0.4, -0.2) is 23.4 Å². The minimum atomic E-state index is -0.468. The van der Waals surface area contributed by atoms with Crippen molar-refractivity contribution in [2.24, 2.45) is 5.92 Å². The average molecular weight is 293 g/mol. The van der Waals surface area contributed by atoms with Crippen LogP contribution in [0, 0.1) is 16.0 Å². The summed E-state index contributed by atoms with van der Waals surface area (Å²) in [6, 6.07) is 4.49. The molecule has 0 heterocycles. The first-order valence-electron chi connectivity index (χ1n) is 7.14. The minimum absolute atomic E-state index is 0.0135. The van der Waals surface area contributed by atoms with Gasteiger partial charge in [-0.2, -0.15) is 0 Å². The molecule has 1 aromatic carbocycles. The number of nitro groups is 1. The summed E-state index contributed by atoms with van der Waals surface area (Å²) in [5.41, 5.74) is 0.668. The van der Waals surface area contributed by atoms with Gasteiger partial charge in [0.25, 0.3) is 11.6 Å². The summed E-state index contributed by atoms with van der Waals surface area (Å²) in [5.74, 6) is 0.217. The smallest absolute Gasteiger partial charge is 0.293 e. The Hall–Kier alpha value is -2.11. The normalized spacial score (nSPS) is 10.8. The molecule has 0 aliphatic rings. The largest absolute Gasteiger partial charge is 0.379 e. The SMILES string of the molecule is CC(C)CCNc1ccc(C(=O)NC(C)C)cc1[N+](=O)[O-]. The third-order valence-corrected chi connectivity index (χ3v) is 2.91. The molecule has 1 aromatic rings. The van der Waals surface area contributed by atoms with Gasteiger partial charge in [-0.15, -0.1) is 0 Å². The first-order valence-corrected chi connectivity index (χ1v) is 7.14. The molecule has 1 rings (SSSR count). The Kier molecular flexibility index (Phi) is 6.14. The number of nitrogens with zero attached hydrogens (tertiary/aromatic N) is 1. The van der Waals surface area contributed by atoms with Crippen molar-refractivity contribution in [1.29, 1.82) is 0 Å². The van der Waals surface area contributed by atoms with E-state index in [0.29, 0.717) is 23.7 Å². The molecule has 2 N–H and O–H groups in total. The van der Waals surface area contributed by atoms with Gasteiger partial charge in [-0.3, -0.25) is 14.9 Å². The van der Waals surface area contributed by atoms with E-state index in [1.165, 1.54) is 6.07 Å². The molecule has 0 bridgehead atoms. The molecule has 6 nitrogen and oxygen atoms in total. The van der Waals surface area contributed by atoms with Crippen LogP contribution in [0.4, 0.5) is 11.4 Å². The molecule has 0 spiro atoms. The fourth-order valence-corrected chi connectivity index (χ4v) is 1.81. The number of nitro benzene ring substituents is 1. The first kappa shape index (κ1) is 16.9. The molecular weight excluding hydrogens is 270 g/mol. The average Bonchev–Trinajstić information content (AvgIpc) is 2.37. The van der Waals surface area contributed by atoms with E-state index in [4.69, 9.17) is 0 Å². The van der Waals surface area contributed by atoms with Crippen molar-refractivity contribution >= 4 is 17.3 Å². The van der Waals surface area contributed by atoms with Crippen LogP contribution < -0.4 is 10.6 Å². The predicted molar refractivity (Wildman–Crippen MR) is 83.6 cm³/mol. The molecule has 0 unspecified atom stereocenters. The van der Waals surface area contributed by atoms with E-state index in [1.807, 2.05) is 13.8 Å². The van der Waals surface area contributed by atoms with Crippen LogP contribution in [0.1, 0.15) is 44.5 Å². The molecule has 0 aromatic heterocycles. The Morgan fingerprint density at radius 2 is 1.95 bits per heavy atom. The zero-order chi connectivity index (χ0) is 16.0. The van der Waals surface area contributed by atoms with E-state index in [0.717, 1.165) is 6.42 Å². The second-order valence-electron chi connectivity index (χ2n) is 5.73. The van der Waals surface area contributed by atoms with Gasteiger partial charge < -0.3 is 10.6 Å². The maximum Gasteiger partial charge on any atom is 0.293 e. The maximum atomic E-state index is 11.9. The molecule has 1 amide bonds. The number of carbonyl (C=O) groups is 1.